The lowest BCUT2D eigenvalue weighted by Gasteiger charge is -2.11. The van der Waals surface area contributed by atoms with Crippen molar-refractivity contribution >= 4 is 23.4 Å². The average Bonchev–Trinajstić information content (AvgIpc) is 3.11. The highest BCUT2D eigenvalue weighted by molar-refractivity contribution is 7.98. The highest BCUT2D eigenvalue weighted by Gasteiger charge is 2.16. The van der Waals surface area contributed by atoms with E-state index in [4.69, 9.17) is 11.6 Å². The van der Waals surface area contributed by atoms with Crippen molar-refractivity contribution in [3.63, 3.8) is 0 Å². The van der Waals surface area contributed by atoms with Gasteiger partial charge in [0.2, 0.25) is 0 Å². The molecule has 0 unspecified atom stereocenters. The van der Waals surface area contributed by atoms with Crippen LogP contribution in [0.1, 0.15) is 11.1 Å². The van der Waals surface area contributed by atoms with E-state index in [9.17, 15) is 4.39 Å². The van der Waals surface area contributed by atoms with Gasteiger partial charge in [-0.2, -0.15) is 0 Å². The molecule has 28 heavy (non-hydrogen) atoms. The number of hydrogen-bond acceptors (Lipinski definition) is 3. The highest BCUT2D eigenvalue weighted by atomic mass is 35.5. The predicted octanol–water partition coefficient (Wildman–Crippen LogP) is 6.33. The SMILES string of the molecule is Cc1cccc(-n2c(SCc3cccc(F)c3)nnc2-c2ccc(Cl)cc2)c1. The molecule has 0 aliphatic rings. The van der Waals surface area contributed by atoms with Gasteiger partial charge in [0.25, 0.3) is 0 Å². The van der Waals surface area contributed by atoms with Crippen molar-refractivity contribution < 1.29 is 4.39 Å². The van der Waals surface area contributed by atoms with E-state index < -0.39 is 0 Å². The van der Waals surface area contributed by atoms with Crippen LogP contribution in [0.3, 0.4) is 0 Å². The Morgan fingerprint density at radius 2 is 1.75 bits per heavy atom. The largest absolute Gasteiger partial charge is 0.270 e. The molecule has 0 aliphatic carbocycles. The fraction of sp³-hybridized carbons (Fsp3) is 0.0909. The quantitative estimate of drug-likeness (QED) is 0.361. The molecule has 4 rings (SSSR count). The van der Waals surface area contributed by atoms with E-state index in [1.54, 1.807) is 12.1 Å². The molecule has 0 N–H and O–H groups in total. The highest BCUT2D eigenvalue weighted by Crippen LogP contribution is 2.30. The third-order valence-electron chi connectivity index (χ3n) is 4.25. The molecular weight excluding hydrogens is 393 g/mol. The number of nitrogens with zero attached hydrogens (tertiary/aromatic N) is 3. The lowest BCUT2D eigenvalue weighted by molar-refractivity contribution is 0.626. The Morgan fingerprint density at radius 1 is 0.964 bits per heavy atom. The van der Waals surface area contributed by atoms with Gasteiger partial charge in [0.05, 0.1) is 0 Å². The number of aromatic nitrogens is 3. The number of thioether (sulfide) groups is 1. The molecule has 1 heterocycles. The van der Waals surface area contributed by atoms with Crippen LogP contribution in [0.5, 0.6) is 0 Å². The summed E-state index contributed by atoms with van der Waals surface area (Å²) in [4.78, 5) is 0. The molecule has 0 atom stereocenters. The van der Waals surface area contributed by atoms with Crippen LogP contribution in [0.2, 0.25) is 5.02 Å². The first-order chi connectivity index (χ1) is 13.6. The number of hydrogen-bond donors (Lipinski definition) is 0. The van der Waals surface area contributed by atoms with E-state index in [-0.39, 0.29) is 5.82 Å². The molecular formula is C22H17ClFN3S. The summed E-state index contributed by atoms with van der Waals surface area (Å²) in [7, 11) is 0. The van der Waals surface area contributed by atoms with Crippen LogP contribution >= 0.6 is 23.4 Å². The van der Waals surface area contributed by atoms with Gasteiger partial charge in [-0.05, 0) is 66.6 Å². The first-order valence-corrected chi connectivity index (χ1v) is 10.1. The summed E-state index contributed by atoms with van der Waals surface area (Å²) in [6.07, 6.45) is 0. The van der Waals surface area contributed by atoms with E-state index in [0.717, 1.165) is 33.4 Å². The first-order valence-electron chi connectivity index (χ1n) is 8.76. The van der Waals surface area contributed by atoms with Gasteiger partial charge in [-0.1, -0.05) is 47.6 Å². The third-order valence-corrected chi connectivity index (χ3v) is 5.50. The van der Waals surface area contributed by atoms with Gasteiger partial charge in [0.1, 0.15) is 5.82 Å². The normalized spacial score (nSPS) is 11.0. The van der Waals surface area contributed by atoms with Crippen molar-refractivity contribution in [1.29, 1.82) is 0 Å². The fourth-order valence-corrected chi connectivity index (χ4v) is 3.94. The number of rotatable bonds is 5. The molecule has 0 amide bonds. The molecule has 0 spiro atoms. The molecule has 6 heteroatoms. The van der Waals surface area contributed by atoms with Gasteiger partial charge in [0, 0.05) is 22.0 Å². The summed E-state index contributed by atoms with van der Waals surface area (Å²) in [6, 6.07) is 22.3. The van der Waals surface area contributed by atoms with Gasteiger partial charge >= 0.3 is 0 Å². The second-order valence-electron chi connectivity index (χ2n) is 6.41. The molecule has 1 aromatic heterocycles. The van der Waals surface area contributed by atoms with Crippen LogP contribution in [0.25, 0.3) is 17.1 Å². The van der Waals surface area contributed by atoms with Crippen LogP contribution in [0.4, 0.5) is 4.39 Å². The summed E-state index contributed by atoms with van der Waals surface area (Å²) in [5, 5.41) is 10.3. The van der Waals surface area contributed by atoms with Crippen molar-refractivity contribution in [2.24, 2.45) is 0 Å². The number of benzene rings is 3. The van der Waals surface area contributed by atoms with Gasteiger partial charge in [0.15, 0.2) is 11.0 Å². The Hall–Kier alpha value is -2.63. The van der Waals surface area contributed by atoms with E-state index in [2.05, 4.69) is 29.3 Å². The van der Waals surface area contributed by atoms with Gasteiger partial charge in [-0.15, -0.1) is 10.2 Å². The van der Waals surface area contributed by atoms with Crippen LogP contribution in [0, 0.1) is 12.7 Å². The number of aryl methyl sites for hydroxylation is 1. The van der Waals surface area contributed by atoms with Crippen LogP contribution in [-0.4, -0.2) is 14.8 Å². The summed E-state index contributed by atoms with van der Waals surface area (Å²) in [5.41, 5.74) is 3.96. The smallest absolute Gasteiger partial charge is 0.196 e. The molecule has 0 radical (unpaired) electrons. The molecule has 0 aliphatic heterocycles. The van der Waals surface area contributed by atoms with E-state index >= 15 is 0 Å². The van der Waals surface area contributed by atoms with E-state index in [0.29, 0.717) is 10.8 Å². The average molecular weight is 410 g/mol. The van der Waals surface area contributed by atoms with Crippen molar-refractivity contribution in [3.05, 3.63) is 94.8 Å². The first kappa shape index (κ1) is 18.7. The lowest BCUT2D eigenvalue weighted by atomic mass is 10.2. The lowest BCUT2D eigenvalue weighted by Crippen LogP contribution is -2.00. The Labute approximate surface area is 172 Å². The van der Waals surface area contributed by atoms with Crippen LogP contribution < -0.4 is 0 Å². The zero-order valence-corrected chi connectivity index (χ0v) is 16.7. The Balaban J connectivity index is 1.74. The van der Waals surface area contributed by atoms with Gasteiger partial charge in [-0.3, -0.25) is 4.57 Å². The molecule has 3 aromatic carbocycles. The van der Waals surface area contributed by atoms with Crippen molar-refractivity contribution in [3.8, 4) is 17.1 Å². The fourth-order valence-electron chi connectivity index (χ4n) is 2.92. The molecule has 0 saturated carbocycles. The molecule has 4 aromatic rings. The minimum absolute atomic E-state index is 0.236. The zero-order valence-electron chi connectivity index (χ0n) is 15.1. The third kappa shape index (κ3) is 4.11. The Morgan fingerprint density at radius 3 is 2.50 bits per heavy atom. The Kier molecular flexibility index (Phi) is 5.46. The van der Waals surface area contributed by atoms with Crippen LogP contribution in [-0.2, 0) is 5.75 Å². The minimum atomic E-state index is -0.236. The summed E-state index contributed by atoms with van der Waals surface area (Å²) in [5.74, 6) is 1.10. The molecule has 3 nitrogen and oxygen atoms in total. The number of halogens is 2. The summed E-state index contributed by atoms with van der Waals surface area (Å²) in [6.45, 7) is 2.05. The second kappa shape index (κ2) is 8.17. The Bertz CT molecular complexity index is 1110. The monoisotopic (exact) mass is 409 g/mol. The minimum Gasteiger partial charge on any atom is -0.270 e. The van der Waals surface area contributed by atoms with Gasteiger partial charge < -0.3 is 0 Å². The molecule has 0 saturated heterocycles. The molecule has 0 bridgehead atoms. The summed E-state index contributed by atoms with van der Waals surface area (Å²) < 4.78 is 15.5. The second-order valence-corrected chi connectivity index (χ2v) is 7.79. The standard InChI is InChI=1S/C22H17ClFN3S/c1-15-4-2-7-20(12-15)27-21(17-8-10-18(23)11-9-17)25-26-22(27)28-14-16-5-3-6-19(24)13-16/h2-13H,14H2,1H3. The predicted molar refractivity (Wildman–Crippen MR) is 113 cm³/mol. The van der Waals surface area contributed by atoms with Crippen LogP contribution in [0.15, 0.2) is 78.0 Å². The van der Waals surface area contributed by atoms with Gasteiger partial charge in [-0.25, -0.2) is 4.39 Å². The maximum Gasteiger partial charge on any atom is 0.196 e. The van der Waals surface area contributed by atoms with Crippen molar-refractivity contribution in [2.45, 2.75) is 17.8 Å². The van der Waals surface area contributed by atoms with Crippen molar-refractivity contribution in [1.82, 2.24) is 14.8 Å². The maximum atomic E-state index is 13.5. The van der Waals surface area contributed by atoms with E-state index in [1.165, 1.54) is 17.8 Å². The van der Waals surface area contributed by atoms with Crippen molar-refractivity contribution in [2.75, 3.05) is 0 Å². The molecule has 0 fully saturated rings. The summed E-state index contributed by atoms with van der Waals surface area (Å²) >= 11 is 7.56. The zero-order chi connectivity index (χ0) is 19.5. The molecule has 140 valence electrons. The maximum absolute atomic E-state index is 13.5. The topological polar surface area (TPSA) is 30.7 Å². The van der Waals surface area contributed by atoms with E-state index in [1.807, 2.05) is 47.0 Å².